The van der Waals surface area contributed by atoms with Crippen molar-refractivity contribution in [1.82, 2.24) is 4.90 Å². The van der Waals surface area contributed by atoms with Crippen LogP contribution in [0.2, 0.25) is 10.0 Å². The molecular weight excluding hydrogens is 372 g/mol. The van der Waals surface area contributed by atoms with E-state index in [4.69, 9.17) is 23.2 Å². The van der Waals surface area contributed by atoms with Crippen molar-refractivity contribution in [3.05, 3.63) is 74.4 Å². The monoisotopic (exact) mass is 381 g/mol. The summed E-state index contributed by atoms with van der Waals surface area (Å²) in [5.74, 6) is -0.927. The highest BCUT2D eigenvalue weighted by atomic mass is 35.5. The number of hydrogen-bond acceptors (Lipinski definition) is 3. The number of hydrogen-bond donors (Lipinski definition) is 0. The molecule has 1 aliphatic heterocycles. The maximum absolute atomic E-state index is 13.7. The zero-order chi connectivity index (χ0) is 17.3. The molecule has 122 valence electrons. The Bertz CT molecular complexity index is 869. The van der Waals surface area contributed by atoms with E-state index in [0.29, 0.717) is 15.6 Å². The molecule has 2 aromatic carbocycles. The highest BCUT2D eigenvalue weighted by Crippen LogP contribution is 2.34. The fourth-order valence-electron chi connectivity index (χ4n) is 2.19. The summed E-state index contributed by atoms with van der Waals surface area (Å²) in [5.41, 5.74) is 0.864. The highest BCUT2D eigenvalue weighted by Gasteiger charge is 2.35. The largest absolute Gasteiger partial charge is 0.293 e. The Kier molecular flexibility index (Phi) is 4.94. The van der Waals surface area contributed by atoms with Gasteiger partial charge in [0.05, 0.1) is 11.4 Å². The van der Waals surface area contributed by atoms with Crippen LogP contribution in [0.5, 0.6) is 0 Å². The van der Waals surface area contributed by atoms with E-state index in [0.717, 1.165) is 16.7 Å². The Morgan fingerprint density at radius 3 is 2.58 bits per heavy atom. The molecule has 7 heteroatoms. The number of rotatable bonds is 3. The predicted molar refractivity (Wildman–Crippen MR) is 94.4 cm³/mol. The van der Waals surface area contributed by atoms with E-state index in [1.54, 1.807) is 36.4 Å². The molecule has 0 radical (unpaired) electrons. The van der Waals surface area contributed by atoms with E-state index in [1.165, 1.54) is 12.1 Å². The van der Waals surface area contributed by atoms with Gasteiger partial charge in [-0.25, -0.2) is 4.39 Å². The third kappa shape index (κ3) is 3.48. The lowest BCUT2D eigenvalue weighted by atomic mass is 10.2. The zero-order valence-electron chi connectivity index (χ0n) is 12.1. The average molecular weight is 382 g/mol. The summed E-state index contributed by atoms with van der Waals surface area (Å²) in [7, 11) is 0. The van der Waals surface area contributed by atoms with Gasteiger partial charge in [-0.3, -0.25) is 14.5 Å². The van der Waals surface area contributed by atoms with Crippen LogP contribution < -0.4 is 0 Å². The van der Waals surface area contributed by atoms with Crippen LogP contribution in [0, 0.1) is 5.82 Å². The SMILES string of the molecule is O=C1S/C(=C\c2ccccc2F)C(=O)N1Cc1ccc(Cl)cc1Cl. The van der Waals surface area contributed by atoms with Crippen molar-refractivity contribution in [2.75, 3.05) is 0 Å². The first kappa shape index (κ1) is 17.0. The van der Waals surface area contributed by atoms with E-state index in [9.17, 15) is 14.0 Å². The Balaban J connectivity index is 1.85. The normalized spacial score (nSPS) is 16.3. The molecule has 0 spiro atoms. The number of carbonyl (C=O) groups excluding carboxylic acids is 2. The summed E-state index contributed by atoms with van der Waals surface area (Å²) in [6.07, 6.45) is 1.38. The number of imide groups is 1. The summed E-state index contributed by atoms with van der Waals surface area (Å²) < 4.78 is 13.7. The molecule has 1 aliphatic rings. The van der Waals surface area contributed by atoms with E-state index in [1.807, 2.05) is 0 Å². The van der Waals surface area contributed by atoms with Gasteiger partial charge in [-0.2, -0.15) is 0 Å². The molecule has 0 N–H and O–H groups in total. The fraction of sp³-hybridized carbons (Fsp3) is 0.0588. The molecule has 24 heavy (non-hydrogen) atoms. The topological polar surface area (TPSA) is 37.4 Å². The fourth-order valence-corrected chi connectivity index (χ4v) is 3.49. The quantitative estimate of drug-likeness (QED) is 0.670. The van der Waals surface area contributed by atoms with Gasteiger partial charge in [-0.1, -0.05) is 47.5 Å². The molecule has 1 heterocycles. The van der Waals surface area contributed by atoms with Crippen molar-refractivity contribution in [3.63, 3.8) is 0 Å². The predicted octanol–water partition coefficient (Wildman–Crippen LogP) is 5.37. The Labute approximate surface area is 152 Å². The van der Waals surface area contributed by atoms with Crippen LogP contribution >= 0.6 is 35.0 Å². The van der Waals surface area contributed by atoms with Gasteiger partial charge in [0.15, 0.2) is 0 Å². The van der Waals surface area contributed by atoms with Crippen LogP contribution in [0.4, 0.5) is 9.18 Å². The summed E-state index contributed by atoms with van der Waals surface area (Å²) in [5, 5.41) is 0.422. The summed E-state index contributed by atoms with van der Waals surface area (Å²) in [6, 6.07) is 10.9. The summed E-state index contributed by atoms with van der Waals surface area (Å²) in [4.78, 5) is 25.8. The molecule has 0 saturated carbocycles. The van der Waals surface area contributed by atoms with E-state index in [2.05, 4.69) is 0 Å². The molecule has 0 aromatic heterocycles. The minimum absolute atomic E-state index is 0.0370. The lowest BCUT2D eigenvalue weighted by Crippen LogP contribution is -2.27. The molecule has 0 atom stereocenters. The lowest BCUT2D eigenvalue weighted by molar-refractivity contribution is -0.123. The molecule has 1 saturated heterocycles. The second kappa shape index (κ2) is 6.97. The summed E-state index contributed by atoms with van der Waals surface area (Å²) in [6.45, 7) is 0.0370. The first-order valence-corrected chi connectivity index (χ1v) is 8.47. The maximum Gasteiger partial charge on any atom is 0.293 e. The number of halogens is 3. The van der Waals surface area contributed by atoms with Crippen LogP contribution in [0.15, 0.2) is 47.4 Å². The van der Waals surface area contributed by atoms with Crippen LogP contribution in [0.3, 0.4) is 0 Å². The molecule has 3 rings (SSSR count). The van der Waals surface area contributed by atoms with Gasteiger partial charge in [0.2, 0.25) is 0 Å². The lowest BCUT2D eigenvalue weighted by Gasteiger charge is -2.13. The second-order valence-electron chi connectivity index (χ2n) is 5.03. The minimum Gasteiger partial charge on any atom is -0.268 e. The molecule has 0 bridgehead atoms. The van der Waals surface area contributed by atoms with Crippen LogP contribution in [-0.2, 0) is 11.3 Å². The van der Waals surface area contributed by atoms with Gasteiger partial charge >= 0.3 is 0 Å². The molecule has 2 aromatic rings. The number of nitrogens with zero attached hydrogens (tertiary/aromatic N) is 1. The Hall–Kier alpha value is -1.82. The molecular formula is C17H10Cl2FNO2S. The number of amides is 2. The van der Waals surface area contributed by atoms with Crippen LogP contribution in [-0.4, -0.2) is 16.0 Å². The first-order valence-electron chi connectivity index (χ1n) is 6.89. The summed E-state index contributed by atoms with van der Waals surface area (Å²) >= 11 is 12.7. The van der Waals surface area contributed by atoms with Crippen LogP contribution in [0.25, 0.3) is 6.08 Å². The first-order chi connectivity index (χ1) is 11.5. The number of benzene rings is 2. The van der Waals surface area contributed by atoms with Crippen molar-refractivity contribution in [1.29, 1.82) is 0 Å². The second-order valence-corrected chi connectivity index (χ2v) is 6.86. The zero-order valence-corrected chi connectivity index (χ0v) is 14.5. The Morgan fingerprint density at radius 1 is 1.12 bits per heavy atom. The maximum atomic E-state index is 13.7. The van der Waals surface area contributed by atoms with Gasteiger partial charge in [-0.05, 0) is 41.6 Å². The molecule has 3 nitrogen and oxygen atoms in total. The number of carbonyl (C=O) groups is 2. The van der Waals surface area contributed by atoms with Crippen molar-refractivity contribution < 1.29 is 14.0 Å². The van der Waals surface area contributed by atoms with E-state index in [-0.39, 0.29) is 17.0 Å². The minimum atomic E-state index is -0.473. The van der Waals surface area contributed by atoms with Crippen molar-refractivity contribution in [2.24, 2.45) is 0 Å². The third-order valence-electron chi connectivity index (χ3n) is 3.41. The molecule has 1 fully saturated rings. The highest BCUT2D eigenvalue weighted by molar-refractivity contribution is 8.18. The Morgan fingerprint density at radius 2 is 1.88 bits per heavy atom. The third-order valence-corrected chi connectivity index (χ3v) is 4.90. The van der Waals surface area contributed by atoms with Crippen molar-refractivity contribution in [3.8, 4) is 0 Å². The van der Waals surface area contributed by atoms with E-state index < -0.39 is 17.0 Å². The molecule has 0 aliphatic carbocycles. The van der Waals surface area contributed by atoms with Gasteiger partial charge in [-0.15, -0.1) is 0 Å². The van der Waals surface area contributed by atoms with Gasteiger partial charge in [0.25, 0.3) is 11.1 Å². The van der Waals surface area contributed by atoms with Crippen LogP contribution in [0.1, 0.15) is 11.1 Å². The van der Waals surface area contributed by atoms with E-state index >= 15 is 0 Å². The molecule has 2 amide bonds. The van der Waals surface area contributed by atoms with Gasteiger partial charge in [0.1, 0.15) is 5.82 Å². The smallest absolute Gasteiger partial charge is 0.268 e. The van der Waals surface area contributed by atoms with Crippen molar-refractivity contribution >= 4 is 52.2 Å². The standard InChI is InChI=1S/C17H10Cl2FNO2S/c18-12-6-5-11(13(19)8-12)9-21-16(22)15(24-17(21)23)7-10-3-1-2-4-14(10)20/h1-8H,9H2/b15-7-. The van der Waals surface area contributed by atoms with Gasteiger partial charge < -0.3 is 0 Å². The van der Waals surface area contributed by atoms with Gasteiger partial charge in [0, 0.05) is 15.6 Å². The van der Waals surface area contributed by atoms with Crippen molar-refractivity contribution in [2.45, 2.75) is 6.54 Å². The average Bonchev–Trinajstić information content (AvgIpc) is 2.79. The molecule has 0 unspecified atom stereocenters. The number of thioether (sulfide) groups is 1.